The van der Waals surface area contributed by atoms with Crippen molar-refractivity contribution < 1.29 is 26.8 Å². The number of benzene rings is 1. The van der Waals surface area contributed by atoms with Crippen LogP contribution in [-0.2, 0) is 14.9 Å². The van der Waals surface area contributed by atoms with E-state index in [-0.39, 0.29) is 35.5 Å². The fraction of sp³-hybridized carbons (Fsp3) is 0.583. The van der Waals surface area contributed by atoms with Crippen molar-refractivity contribution in [1.82, 2.24) is 18.9 Å². The molecular formula is C24H33FN4O5S. The van der Waals surface area contributed by atoms with Gasteiger partial charge in [-0.3, -0.25) is 4.79 Å². The predicted molar refractivity (Wildman–Crippen MR) is 127 cm³/mol. The number of nitrogens with one attached hydrogen (secondary N) is 1. The van der Waals surface area contributed by atoms with Gasteiger partial charge in [-0.15, -0.1) is 0 Å². The van der Waals surface area contributed by atoms with Crippen LogP contribution in [0.1, 0.15) is 54.1 Å². The van der Waals surface area contributed by atoms with Crippen LogP contribution in [0.5, 0.6) is 0 Å². The maximum atomic E-state index is 13.6. The summed E-state index contributed by atoms with van der Waals surface area (Å²) in [5, 5.41) is 0. The number of likely N-dealkylation sites (tertiary alicyclic amines) is 1. The van der Waals surface area contributed by atoms with Gasteiger partial charge in [0.25, 0.3) is 16.1 Å². The van der Waals surface area contributed by atoms with Crippen LogP contribution in [0.4, 0.5) is 4.39 Å². The van der Waals surface area contributed by atoms with Crippen molar-refractivity contribution in [2.24, 2.45) is 5.92 Å². The van der Waals surface area contributed by atoms with Crippen molar-refractivity contribution in [2.75, 3.05) is 33.8 Å². The predicted octanol–water partition coefficient (Wildman–Crippen LogP) is 2.78. The van der Waals surface area contributed by atoms with Crippen LogP contribution in [0.3, 0.4) is 0 Å². The summed E-state index contributed by atoms with van der Waals surface area (Å²) in [6.07, 6.45) is 6.62. The van der Waals surface area contributed by atoms with Crippen LogP contribution >= 0.6 is 0 Å². The number of amides is 1. The molecule has 2 aromatic rings. The van der Waals surface area contributed by atoms with E-state index in [1.54, 1.807) is 17.0 Å². The van der Waals surface area contributed by atoms with E-state index in [9.17, 15) is 17.6 Å². The van der Waals surface area contributed by atoms with Crippen molar-refractivity contribution in [3.63, 3.8) is 0 Å². The lowest BCUT2D eigenvalue weighted by atomic mass is 9.82. The average molecular weight is 509 g/mol. The molecule has 1 saturated heterocycles. The molecule has 1 aliphatic heterocycles. The molecule has 4 rings (SSSR count). The van der Waals surface area contributed by atoms with Gasteiger partial charge < -0.3 is 14.1 Å². The van der Waals surface area contributed by atoms with Gasteiger partial charge in [0, 0.05) is 39.1 Å². The van der Waals surface area contributed by atoms with Gasteiger partial charge in [0.05, 0.1) is 18.9 Å². The summed E-state index contributed by atoms with van der Waals surface area (Å²) in [5.41, 5.74) is 1.02. The molecule has 2 heterocycles. The van der Waals surface area contributed by atoms with Crippen molar-refractivity contribution in [3.8, 4) is 0 Å². The third-order valence-electron chi connectivity index (χ3n) is 6.99. The summed E-state index contributed by atoms with van der Waals surface area (Å²) in [6, 6.07) is 6.43. The highest BCUT2D eigenvalue weighted by Gasteiger charge is 2.36. The highest BCUT2D eigenvalue weighted by atomic mass is 32.2. The van der Waals surface area contributed by atoms with Gasteiger partial charge >= 0.3 is 0 Å². The molecule has 2 atom stereocenters. The third kappa shape index (κ3) is 6.46. The summed E-state index contributed by atoms with van der Waals surface area (Å²) < 4.78 is 53.9. The zero-order chi connectivity index (χ0) is 25.0. The Morgan fingerprint density at radius 2 is 2.03 bits per heavy atom. The van der Waals surface area contributed by atoms with Crippen LogP contribution in [0.25, 0.3) is 0 Å². The van der Waals surface area contributed by atoms with Crippen molar-refractivity contribution in [3.05, 3.63) is 54.0 Å². The second kappa shape index (κ2) is 11.2. The molecule has 2 fully saturated rings. The quantitative estimate of drug-likeness (QED) is 0.588. The Morgan fingerprint density at radius 1 is 1.26 bits per heavy atom. The van der Waals surface area contributed by atoms with Gasteiger partial charge in [-0.2, -0.15) is 17.4 Å². The average Bonchev–Trinajstić information content (AvgIpc) is 3.38. The number of piperidine rings is 1. The van der Waals surface area contributed by atoms with E-state index >= 15 is 0 Å². The zero-order valence-corrected chi connectivity index (χ0v) is 20.9. The molecular weight excluding hydrogens is 475 g/mol. The molecule has 192 valence electrons. The molecule has 1 saturated carbocycles. The normalized spacial score (nSPS) is 25.7. The molecule has 9 nitrogen and oxygen atoms in total. The van der Waals surface area contributed by atoms with Crippen molar-refractivity contribution >= 4 is 16.1 Å². The van der Waals surface area contributed by atoms with Gasteiger partial charge in [-0.1, -0.05) is 12.1 Å². The number of oxazole rings is 1. The van der Waals surface area contributed by atoms with Gasteiger partial charge in [0.1, 0.15) is 5.82 Å². The van der Waals surface area contributed by atoms with Crippen LogP contribution in [-0.4, -0.2) is 74.5 Å². The molecule has 1 aliphatic carbocycles. The number of carbonyl (C=O) groups excluding carboxylic acids is 1. The lowest BCUT2D eigenvalue weighted by Crippen LogP contribution is -2.55. The van der Waals surface area contributed by atoms with Gasteiger partial charge in [0.15, 0.2) is 6.39 Å². The highest BCUT2D eigenvalue weighted by Crippen LogP contribution is 2.34. The molecule has 1 N–H and O–H groups in total. The van der Waals surface area contributed by atoms with E-state index in [0.717, 1.165) is 35.6 Å². The smallest absolute Gasteiger partial charge is 0.291 e. The summed E-state index contributed by atoms with van der Waals surface area (Å²) >= 11 is 0. The van der Waals surface area contributed by atoms with Gasteiger partial charge in [0.2, 0.25) is 5.76 Å². The largest absolute Gasteiger partial charge is 0.438 e. The van der Waals surface area contributed by atoms with E-state index in [4.69, 9.17) is 9.15 Å². The Morgan fingerprint density at radius 3 is 2.69 bits per heavy atom. The van der Waals surface area contributed by atoms with Crippen molar-refractivity contribution in [1.29, 1.82) is 0 Å². The molecule has 35 heavy (non-hydrogen) atoms. The Labute approximate surface area is 205 Å². The molecule has 0 spiro atoms. The molecule has 11 heteroatoms. The molecule has 2 aliphatic rings. The first-order chi connectivity index (χ1) is 16.7. The van der Waals surface area contributed by atoms with Crippen LogP contribution in [0.15, 0.2) is 41.3 Å². The van der Waals surface area contributed by atoms with E-state index < -0.39 is 10.2 Å². The summed E-state index contributed by atoms with van der Waals surface area (Å²) in [4.78, 5) is 18.3. The lowest BCUT2D eigenvalue weighted by molar-refractivity contribution is -0.0154. The van der Waals surface area contributed by atoms with Crippen molar-refractivity contribution in [2.45, 2.75) is 50.2 Å². The SMILES string of the molecule is CN(C)S(=O)(=O)NC1CCN(C(=O)c2cnco2)C[C@H]1COC1CCC(c2cccc(F)c2)CC1. The standard InChI is InChI=1S/C24H33FN4O5S/c1-28(2)35(31,32)27-22-10-11-29(24(30)23-13-26-16-34-23)14-19(22)15-33-21-8-6-17(7-9-21)18-4-3-5-20(25)12-18/h3-5,12-13,16-17,19,21-22,27H,6-11,14-15H2,1-2H3/t17?,19-,21?,22?/m0/s1. The second-order valence-electron chi connectivity index (χ2n) is 9.54. The summed E-state index contributed by atoms with van der Waals surface area (Å²) in [7, 11) is -0.672. The molecule has 1 unspecified atom stereocenters. The Hall–Kier alpha value is -2.34. The summed E-state index contributed by atoms with van der Waals surface area (Å²) in [5.74, 6) is -0.223. The molecule has 0 bridgehead atoms. The number of halogens is 1. The zero-order valence-electron chi connectivity index (χ0n) is 20.1. The Bertz CT molecular complexity index is 1090. The van der Waals surface area contributed by atoms with E-state index in [1.165, 1.54) is 32.8 Å². The molecule has 1 aromatic carbocycles. The number of ether oxygens (including phenoxy) is 1. The topological polar surface area (TPSA) is 105 Å². The first-order valence-electron chi connectivity index (χ1n) is 12.0. The molecule has 1 amide bonds. The number of hydrogen-bond acceptors (Lipinski definition) is 6. The molecule has 1 aromatic heterocycles. The molecule has 0 radical (unpaired) electrons. The summed E-state index contributed by atoms with van der Waals surface area (Å²) in [6.45, 7) is 1.07. The number of carbonyl (C=O) groups is 1. The first-order valence-corrected chi connectivity index (χ1v) is 13.4. The van der Waals surface area contributed by atoms with Crippen LogP contribution in [0, 0.1) is 11.7 Å². The monoisotopic (exact) mass is 508 g/mol. The number of hydrogen-bond donors (Lipinski definition) is 1. The minimum absolute atomic E-state index is 0.0475. The Balaban J connectivity index is 1.37. The van der Waals surface area contributed by atoms with Crippen LogP contribution in [0.2, 0.25) is 0 Å². The maximum Gasteiger partial charge on any atom is 0.291 e. The van der Waals surface area contributed by atoms with Gasteiger partial charge in [-0.25, -0.2) is 9.37 Å². The number of nitrogens with zero attached hydrogens (tertiary/aromatic N) is 3. The number of aromatic nitrogens is 1. The van der Waals surface area contributed by atoms with Gasteiger partial charge in [-0.05, 0) is 55.7 Å². The van der Waals surface area contributed by atoms with Crippen LogP contribution < -0.4 is 4.72 Å². The Kier molecular flexibility index (Phi) is 8.20. The maximum absolute atomic E-state index is 13.6. The highest BCUT2D eigenvalue weighted by molar-refractivity contribution is 7.87. The third-order valence-corrected chi connectivity index (χ3v) is 8.55. The second-order valence-corrected chi connectivity index (χ2v) is 11.5. The minimum Gasteiger partial charge on any atom is -0.438 e. The lowest BCUT2D eigenvalue weighted by Gasteiger charge is -2.39. The first kappa shape index (κ1) is 25.7. The fourth-order valence-electron chi connectivity index (χ4n) is 4.90. The van der Waals surface area contributed by atoms with E-state index in [2.05, 4.69) is 9.71 Å². The van der Waals surface area contributed by atoms with E-state index in [1.807, 2.05) is 6.07 Å². The fourth-order valence-corrected chi connectivity index (χ4v) is 5.80. The van der Waals surface area contributed by atoms with E-state index in [0.29, 0.717) is 32.0 Å². The number of rotatable bonds is 8. The minimum atomic E-state index is -3.63.